The van der Waals surface area contributed by atoms with Gasteiger partial charge in [-0.3, -0.25) is 0 Å². The van der Waals surface area contributed by atoms with Crippen LogP contribution in [0.4, 0.5) is 0 Å². The minimum absolute atomic E-state index is 0.132. The summed E-state index contributed by atoms with van der Waals surface area (Å²) < 4.78 is 2.24. The minimum Gasteiger partial charge on any atom is -0.328 e. The second kappa shape index (κ2) is 5.35. The third-order valence-electron chi connectivity index (χ3n) is 3.85. The van der Waals surface area contributed by atoms with Crippen molar-refractivity contribution in [2.45, 2.75) is 31.7 Å². The summed E-state index contributed by atoms with van der Waals surface area (Å²) in [6, 6.07) is 8.08. The topological polar surface area (TPSA) is 43.8 Å². The summed E-state index contributed by atoms with van der Waals surface area (Å²) in [5.41, 5.74) is 9.73. The molecule has 1 unspecified atom stereocenters. The fourth-order valence-corrected chi connectivity index (χ4v) is 3.08. The molecule has 0 fully saturated rings. The van der Waals surface area contributed by atoms with Gasteiger partial charge in [-0.2, -0.15) is 0 Å². The fraction of sp³-hybridized carbons (Fsp3) is 0.400. The highest BCUT2D eigenvalue weighted by atomic mass is 35.5. The summed E-state index contributed by atoms with van der Waals surface area (Å²) in [7, 11) is 0. The smallest absolute Gasteiger partial charge is 0.0957 e. The highest BCUT2D eigenvalue weighted by Gasteiger charge is 2.20. The molecular weight excluding hydrogens is 258 g/mol. The quantitative estimate of drug-likeness (QED) is 0.936. The first-order valence-corrected chi connectivity index (χ1v) is 7.17. The number of halogens is 1. The van der Waals surface area contributed by atoms with E-state index in [0.29, 0.717) is 6.54 Å². The SMILES string of the molecule is NCC(c1cccc(Cl)c1)n1cnc2c1CCCC2. The van der Waals surface area contributed by atoms with Crippen molar-refractivity contribution in [2.75, 3.05) is 6.54 Å². The zero-order valence-corrected chi connectivity index (χ0v) is 11.6. The van der Waals surface area contributed by atoms with Crippen LogP contribution in [0.3, 0.4) is 0 Å². The van der Waals surface area contributed by atoms with Gasteiger partial charge in [-0.1, -0.05) is 23.7 Å². The highest BCUT2D eigenvalue weighted by molar-refractivity contribution is 6.30. The van der Waals surface area contributed by atoms with Gasteiger partial charge in [-0.15, -0.1) is 0 Å². The largest absolute Gasteiger partial charge is 0.328 e. The predicted molar refractivity (Wildman–Crippen MR) is 77.5 cm³/mol. The van der Waals surface area contributed by atoms with Crippen molar-refractivity contribution in [1.29, 1.82) is 0 Å². The molecule has 0 radical (unpaired) electrons. The van der Waals surface area contributed by atoms with Gasteiger partial charge in [0, 0.05) is 17.3 Å². The van der Waals surface area contributed by atoms with Crippen LogP contribution in [0.1, 0.15) is 35.8 Å². The molecule has 1 aliphatic rings. The molecular formula is C15H18ClN3. The lowest BCUT2D eigenvalue weighted by Gasteiger charge is -2.22. The maximum Gasteiger partial charge on any atom is 0.0957 e. The number of aryl methyl sites for hydroxylation is 1. The van der Waals surface area contributed by atoms with Gasteiger partial charge in [-0.25, -0.2) is 4.98 Å². The van der Waals surface area contributed by atoms with Gasteiger partial charge in [0.1, 0.15) is 0 Å². The number of aromatic nitrogens is 2. The Morgan fingerprint density at radius 1 is 1.32 bits per heavy atom. The number of imidazole rings is 1. The van der Waals surface area contributed by atoms with Crippen molar-refractivity contribution in [3.05, 3.63) is 52.6 Å². The standard InChI is InChI=1S/C15H18ClN3/c16-12-5-3-4-11(8-12)15(9-17)19-10-18-13-6-1-2-7-14(13)19/h3-5,8,10,15H,1-2,6-7,9,17H2. The molecule has 1 heterocycles. The van der Waals surface area contributed by atoms with Crippen LogP contribution < -0.4 is 5.73 Å². The van der Waals surface area contributed by atoms with E-state index in [9.17, 15) is 0 Å². The molecule has 1 aromatic carbocycles. The number of nitrogens with zero attached hydrogens (tertiary/aromatic N) is 2. The number of rotatable bonds is 3. The van der Waals surface area contributed by atoms with Crippen LogP contribution in [0.15, 0.2) is 30.6 Å². The minimum atomic E-state index is 0.132. The summed E-state index contributed by atoms with van der Waals surface area (Å²) in [5.74, 6) is 0. The second-order valence-corrected chi connectivity index (χ2v) is 5.50. The summed E-state index contributed by atoms with van der Waals surface area (Å²) in [5, 5.41) is 0.755. The second-order valence-electron chi connectivity index (χ2n) is 5.06. The zero-order valence-electron chi connectivity index (χ0n) is 10.8. The third-order valence-corrected chi connectivity index (χ3v) is 4.09. The Labute approximate surface area is 118 Å². The number of hydrogen-bond acceptors (Lipinski definition) is 2. The number of hydrogen-bond donors (Lipinski definition) is 1. The van der Waals surface area contributed by atoms with Crippen LogP contribution in [-0.2, 0) is 12.8 Å². The molecule has 19 heavy (non-hydrogen) atoms. The van der Waals surface area contributed by atoms with Crippen molar-refractivity contribution in [2.24, 2.45) is 5.73 Å². The molecule has 0 saturated carbocycles. The Morgan fingerprint density at radius 3 is 2.95 bits per heavy atom. The molecule has 3 rings (SSSR count). The molecule has 4 heteroatoms. The molecule has 0 saturated heterocycles. The number of fused-ring (bicyclic) bond motifs is 1. The van der Waals surface area contributed by atoms with Crippen molar-refractivity contribution in [3.63, 3.8) is 0 Å². The van der Waals surface area contributed by atoms with E-state index >= 15 is 0 Å². The summed E-state index contributed by atoms with van der Waals surface area (Å²) in [4.78, 5) is 4.55. The van der Waals surface area contributed by atoms with Crippen LogP contribution in [0.2, 0.25) is 5.02 Å². The fourth-order valence-electron chi connectivity index (χ4n) is 2.88. The molecule has 2 aromatic rings. The van der Waals surface area contributed by atoms with Gasteiger partial charge in [0.25, 0.3) is 0 Å². The molecule has 1 aliphatic carbocycles. The van der Waals surface area contributed by atoms with Crippen LogP contribution in [-0.4, -0.2) is 16.1 Å². The molecule has 0 bridgehead atoms. The summed E-state index contributed by atoms with van der Waals surface area (Å²) in [6.07, 6.45) is 6.62. The Balaban J connectivity index is 2.01. The maximum atomic E-state index is 6.08. The lowest BCUT2D eigenvalue weighted by Crippen LogP contribution is -2.22. The number of benzene rings is 1. The van der Waals surface area contributed by atoms with E-state index in [1.165, 1.54) is 24.2 Å². The van der Waals surface area contributed by atoms with Crippen LogP contribution in [0, 0.1) is 0 Å². The van der Waals surface area contributed by atoms with E-state index in [4.69, 9.17) is 17.3 Å². The third kappa shape index (κ3) is 2.40. The summed E-state index contributed by atoms with van der Waals surface area (Å²) in [6.45, 7) is 0.559. The average molecular weight is 276 g/mol. The average Bonchev–Trinajstić information content (AvgIpc) is 2.84. The van der Waals surface area contributed by atoms with Gasteiger partial charge in [0.2, 0.25) is 0 Å². The van der Waals surface area contributed by atoms with E-state index < -0.39 is 0 Å². The van der Waals surface area contributed by atoms with Crippen LogP contribution in [0.5, 0.6) is 0 Å². The molecule has 100 valence electrons. The van der Waals surface area contributed by atoms with Gasteiger partial charge in [-0.05, 0) is 43.4 Å². The molecule has 0 spiro atoms. The zero-order chi connectivity index (χ0) is 13.2. The first kappa shape index (κ1) is 12.7. The summed E-state index contributed by atoms with van der Waals surface area (Å²) >= 11 is 6.08. The first-order valence-electron chi connectivity index (χ1n) is 6.79. The monoisotopic (exact) mass is 275 g/mol. The van der Waals surface area contributed by atoms with E-state index in [2.05, 4.69) is 15.6 Å². The Hall–Kier alpha value is -1.32. The lowest BCUT2D eigenvalue weighted by molar-refractivity contribution is 0.547. The van der Waals surface area contributed by atoms with Crippen molar-refractivity contribution >= 4 is 11.6 Å². The number of nitrogens with two attached hydrogens (primary N) is 1. The van der Waals surface area contributed by atoms with E-state index in [1.54, 1.807) is 0 Å². The van der Waals surface area contributed by atoms with Gasteiger partial charge >= 0.3 is 0 Å². The maximum absolute atomic E-state index is 6.08. The van der Waals surface area contributed by atoms with E-state index in [-0.39, 0.29) is 6.04 Å². The van der Waals surface area contributed by atoms with Crippen molar-refractivity contribution < 1.29 is 0 Å². The molecule has 2 N–H and O–H groups in total. The van der Waals surface area contributed by atoms with Gasteiger partial charge < -0.3 is 10.3 Å². The Morgan fingerprint density at radius 2 is 2.16 bits per heavy atom. The molecule has 0 amide bonds. The van der Waals surface area contributed by atoms with E-state index in [0.717, 1.165) is 23.4 Å². The van der Waals surface area contributed by atoms with Gasteiger partial charge in [0.05, 0.1) is 18.1 Å². The molecule has 1 aromatic heterocycles. The van der Waals surface area contributed by atoms with E-state index in [1.807, 2.05) is 24.5 Å². The molecule has 0 aliphatic heterocycles. The molecule has 1 atom stereocenters. The van der Waals surface area contributed by atoms with Crippen molar-refractivity contribution in [1.82, 2.24) is 9.55 Å². The van der Waals surface area contributed by atoms with Crippen LogP contribution in [0.25, 0.3) is 0 Å². The van der Waals surface area contributed by atoms with Crippen LogP contribution >= 0.6 is 11.6 Å². The Bertz CT molecular complexity index is 577. The Kier molecular flexibility index (Phi) is 3.58. The predicted octanol–water partition coefficient (Wildman–Crippen LogP) is 2.96. The lowest BCUT2D eigenvalue weighted by atomic mass is 9.99. The van der Waals surface area contributed by atoms with Crippen molar-refractivity contribution in [3.8, 4) is 0 Å². The first-order chi connectivity index (χ1) is 9.29. The molecule has 3 nitrogen and oxygen atoms in total. The normalized spacial score (nSPS) is 16.1. The highest BCUT2D eigenvalue weighted by Crippen LogP contribution is 2.27. The van der Waals surface area contributed by atoms with Gasteiger partial charge in [0.15, 0.2) is 0 Å².